The number of aromatic nitrogens is 1. The van der Waals surface area contributed by atoms with Gasteiger partial charge in [-0.3, -0.25) is 19.8 Å². The number of hydroxylamine groups is 1. The highest BCUT2D eigenvalue weighted by Gasteiger charge is 2.32. The molecule has 0 aliphatic carbocycles. The molecule has 2 aromatic rings. The number of benzene rings is 1. The third-order valence-corrected chi connectivity index (χ3v) is 4.63. The van der Waals surface area contributed by atoms with Gasteiger partial charge in [0, 0.05) is 24.2 Å². The van der Waals surface area contributed by atoms with Gasteiger partial charge in [-0.25, -0.2) is 5.48 Å². The Bertz CT molecular complexity index is 695. The zero-order chi connectivity index (χ0) is 19.8. The lowest BCUT2D eigenvalue weighted by Crippen LogP contribution is -2.42. The van der Waals surface area contributed by atoms with Crippen LogP contribution in [0.2, 0.25) is 0 Å². The van der Waals surface area contributed by atoms with E-state index >= 15 is 0 Å². The van der Waals surface area contributed by atoms with Crippen LogP contribution in [0.4, 0.5) is 0 Å². The van der Waals surface area contributed by atoms with Crippen LogP contribution in [0, 0.1) is 17.8 Å². The average Bonchev–Trinajstić information content (AvgIpc) is 2.70. The zero-order valence-electron chi connectivity index (χ0n) is 15.9. The Labute approximate surface area is 160 Å². The van der Waals surface area contributed by atoms with Gasteiger partial charge in [0.1, 0.15) is 0 Å². The van der Waals surface area contributed by atoms with E-state index in [-0.39, 0.29) is 17.9 Å². The van der Waals surface area contributed by atoms with E-state index in [0.717, 1.165) is 11.1 Å². The number of hydrogen-bond donors (Lipinski definition) is 3. The first kappa shape index (κ1) is 20.6. The second-order valence-electron chi connectivity index (χ2n) is 7.14. The molecule has 3 N–H and O–H groups in total. The summed E-state index contributed by atoms with van der Waals surface area (Å²) in [5, 5.41) is 12.0. The minimum Gasteiger partial charge on any atom is -0.345 e. The Kier molecular flexibility index (Phi) is 7.49. The van der Waals surface area contributed by atoms with Crippen molar-refractivity contribution in [3.63, 3.8) is 0 Å². The second-order valence-corrected chi connectivity index (χ2v) is 7.14. The largest absolute Gasteiger partial charge is 0.345 e. The van der Waals surface area contributed by atoms with Crippen LogP contribution in [-0.2, 0) is 9.59 Å². The van der Waals surface area contributed by atoms with Crippen LogP contribution in [-0.4, -0.2) is 22.0 Å². The van der Waals surface area contributed by atoms with E-state index in [1.54, 1.807) is 24.8 Å². The molecule has 2 amide bonds. The van der Waals surface area contributed by atoms with E-state index < -0.39 is 17.7 Å². The molecule has 3 atom stereocenters. The van der Waals surface area contributed by atoms with Crippen molar-refractivity contribution in [3.05, 3.63) is 66.0 Å². The fourth-order valence-electron chi connectivity index (χ4n) is 3.13. The smallest absolute Gasteiger partial charge is 0.246 e. The van der Waals surface area contributed by atoms with Gasteiger partial charge in [-0.2, -0.15) is 0 Å². The fraction of sp³-hybridized carbons (Fsp3) is 0.381. The molecule has 1 aromatic heterocycles. The summed E-state index contributed by atoms with van der Waals surface area (Å²) >= 11 is 0. The first-order valence-corrected chi connectivity index (χ1v) is 9.13. The van der Waals surface area contributed by atoms with Crippen molar-refractivity contribution in [2.24, 2.45) is 17.8 Å². The average molecular weight is 369 g/mol. The summed E-state index contributed by atoms with van der Waals surface area (Å²) in [6.07, 6.45) is 3.94. The van der Waals surface area contributed by atoms with Gasteiger partial charge in [0.25, 0.3) is 0 Å². The van der Waals surface area contributed by atoms with Gasteiger partial charge in [0.15, 0.2) is 0 Å². The predicted octanol–water partition coefficient (Wildman–Crippen LogP) is 3.09. The van der Waals surface area contributed by atoms with E-state index in [9.17, 15) is 9.59 Å². The Balaban J connectivity index is 2.31. The molecule has 2 rings (SSSR count). The molecule has 1 aromatic carbocycles. The number of amides is 2. The quantitative estimate of drug-likeness (QED) is 0.492. The van der Waals surface area contributed by atoms with Crippen molar-refractivity contribution in [1.82, 2.24) is 15.8 Å². The van der Waals surface area contributed by atoms with E-state index in [1.165, 1.54) is 0 Å². The molecule has 27 heavy (non-hydrogen) atoms. The summed E-state index contributed by atoms with van der Waals surface area (Å²) in [6, 6.07) is 13.0. The van der Waals surface area contributed by atoms with Crippen molar-refractivity contribution in [2.75, 3.05) is 0 Å². The number of hydrogen-bond acceptors (Lipinski definition) is 4. The molecule has 1 unspecified atom stereocenters. The number of pyridine rings is 1. The lowest BCUT2D eigenvalue weighted by Gasteiger charge is -2.27. The fourth-order valence-corrected chi connectivity index (χ4v) is 3.13. The maximum absolute atomic E-state index is 13.1. The minimum atomic E-state index is -0.650. The van der Waals surface area contributed by atoms with Crippen LogP contribution in [0.1, 0.15) is 44.4 Å². The predicted molar refractivity (Wildman–Crippen MR) is 103 cm³/mol. The van der Waals surface area contributed by atoms with Crippen molar-refractivity contribution >= 4 is 11.8 Å². The summed E-state index contributed by atoms with van der Waals surface area (Å²) in [7, 11) is 0. The van der Waals surface area contributed by atoms with E-state index in [1.807, 2.05) is 56.3 Å². The SMILES string of the molecule is CC(C)C[C@@H](C(=O)NC(c1ccccc1)c1cccnc1)[C@H](C)C(=O)NO. The molecule has 1 heterocycles. The molecule has 6 heteroatoms. The number of nitrogens with zero attached hydrogens (tertiary/aromatic N) is 1. The van der Waals surface area contributed by atoms with Gasteiger partial charge in [0.2, 0.25) is 11.8 Å². The molecule has 0 bridgehead atoms. The molecule has 0 aliphatic heterocycles. The van der Waals surface area contributed by atoms with Crippen molar-refractivity contribution in [3.8, 4) is 0 Å². The lowest BCUT2D eigenvalue weighted by atomic mass is 9.84. The number of carbonyl (C=O) groups excluding carboxylic acids is 2. The summed E-state index contributed by atoms with van der Waals surface area (Å²) in [6.45, 7) is 5.65. The van der Waals surface area contributed by atoms with E-state index in [0.29, 0.717) is 6.42 Å². The highest BCUT2D eigenvalue weighted by molar-refractivity contribution is 5.87. The normalized spacial score (nSPS) is 14.3. The lowest BCUT2D eigenvalue weighted by molar-refractivity contribution is -0.140. The standard InChI is InChI=1S/C21H27N3O3/c1-14(2)12-18(15(3)20(25)24-27)21(26)23-19(16-8-5-4-6-9-16)17-10-7-11-22-13-17/h4-11,13-15,18-19,27H,12H2,1-3H3,(H,23,26)(H,24,25)/t15-,18+,19?/m0/s1. The van der Waals surface area contributed by atoms with E-state index in [4.69, 9.17) is 5.21 Å². The van der Waals surface area contributed by atoms with Crippen LogP contribution in [0.5, 0.6) is 0 Å². The van der Waals surface area contributed by atoms with Gasteiger partial charge in [-0.1, -0.05) is 57.2 Å². The summed E-state index contributed by atoms with van der Waals surface area (Å²) < 4.78 is 0. The van der Waals surface area contributed by atoms with Crippen LogP contribution in [0.25, 0.3) is 0 Å². The van der Waals surface area contributed by atoms with Gasteiger partial charge in [-0.15, -0.1) is 0 Å². The summed E-state index contributed by atoms with van der Waals surface area (Å²) in [4.78, 5) is 29.2. The topological polar surface area (TPSA) is 91.3 Å². The Morgan fingerprint density at radius 2 is 1.67 bits per heavy atom. The molecule has 6 nitrogen and oxygen atoms in total. The molecule has 0 aliphatic rings. The number of rotatable bonds is 8. The Hall–Kier alpha value is -2.73. The molecule has 0 spiro atoms. The highest BCUT2D eigenvalue weighted by Crippen LogP contribution is 2.26. The third kappa shape index (κ3) is 5.62. The van der Waals surface area contributed by atoms with Crippen LogP contribution in [0.15, 0.2) is 54.9 Å². The second kappa shape index (κ2) is 9.83. The monoisotopic (exact) mass is 369 g/mol. The molecule has 0 saturated heterocycles. The molecule has 144 valence electrons. The van der Waals surface area contributed by atoms with Gasteiger partial charge < -0.3 is 5.32 Å². The van der Waals surface area contributed by atoms with Crippen molar-refractivity contribution < 1.29 is 14.8 Å². The molecule has 0 radical (unpaired) electrons. The van der Waals surface area contributed by atoms with Crippen molar-refractivity contribution in [2.45, 2.75) is 33.2 Å². The van der Waals surface area contributed by atoms with Gasteiger partial charge in [0.05, 0.1) is 6.04 Å². The maximum atomic E-state index is 13.1. The highest BCUT2D eigenvalue weighted by atomic mass is 16.5. The molecular formula is C21H27N3O3. The molecule has 0 saturated carbocycles. The summed E-state index contributed by atoms with van der Waals surface area (Å²) in [5.41, 5.74) is 3.45. The first-order chi connectivity index (χ1) is 12.9. The van der Waals surface area contributed by atoms with Gasteiger partial charge >= 0.3 is 0 Å². The summed E-state index contributed by atoms with van der Waals surface area (Å²) in [5.74, 6) is -1.77. The number of nitrogens with one attached hydrogen (secondary N) is 2. The van der Waals surface area contributed by atoms with Crippen LogP contribution >= 0.6 is 0 Å². The molecular weight excluding hydrogens is 342 g/mol. The van der Waals surface area contributed by atoms with Gasteiger partial charge in [-0.05, 0) is 29.5 Å². The number of carbonyl (C=O) groups is 2. The van der Waals surface area contributed by atoms with Crippen molar-refractivity contribution in [1.29, 1.82) is 0 Å². The third-order valence-electron chi connectivity index (χ3n) is 4.63. The van der Waals surface area contributed by atoms with Crippen LogP contribution in [0.3, 0.4) is 0 Å². The maximum Gasteiger partial charge on any atom is 0.246 e. The Morgan fingerprint density at radius 3 is 2.22 bits per heavy atom. The first-order valence-electron chi connectivity index (χ1n) is 9.13. The van der Waals surface area contributed by atoms with E-state index in [2.05, 4.69) is 10.3 Å². The Morgan fingerprint density at radius 1 is 1.00 bits per heavy atom. The zero-order valence-corrected chi connectivity index (χ0v) is 15.9. The minimum absolute atomic E-state index is 0.225. The van der Waals surface area contributed by atoms with Crippen LogP contribution < -0.4 is 10.8 Å². The molecule has 0 fully saturated rings.